The van der Waals surface area contributed by atoms with E-state index in [1.54, 1.807) is 12.3 Å². The topological polar surface area (TPSA) is 86.3 Å². The van der Waals surface area contributed by atoms with Crippen molar-refractivity contribution in [2.24, 2.45) is 5.10 Å². The van der Waals surface area contributed by atoms with Gasteiger partial charge < -0.3 is 10.3 Å². The number of H-pyrrole nitrogens is 1. The summed E-state index contributed by atoms with van der Waals surface area (Å²) >= 11 is 11.8. The average Bonchev–Trinajstić information content (AvgIpc) is 3.01. The van der Waals surface area contributed by atoms with Gasteiger partial charge in [-0.2, -0.15) is 5.10 Å². The summed E-state index contributed by atoms with van der Waals surface area (Å²) in [4.78, 5) is 26.8. The van der Waals surface area contributed by atoms with Crippen molar-refractivity contribution in [2.45, 2.75) is 0 Å². The summed E-state index contributed by atoms with van der Waals surface area (Å²) in [6, 6.07) is 12.2. The lowest BCUT2D eigenvalue weighted by atomic mass is 10.2. The largest absolute Gasteiger partial charge is 0.361 e. The molecule has 126 valence electrons. The third-order valence-electron chi connectivity index (χ3n) is 3.37. The van der Waals surface area contributed by atoms with Crippen LogP contribution in [0.5, 0.6) is 0 Å². The van der Waals surface area contributed by atoms with Crippen molar-refractivity contribution < 1.29 is 9.59 Å². The Hall–Kier alpha value is -2.83. The monoisotopic (exact) mass is 374 g/mol. The minimum absolute atomic E-state index is 0.245. The zero-order chi connectivity index (χ0) is 17.8. The molecule has 1 heterocycles. The van der Waals surface area contributed by atoms with E-state index in [9.17, 15) is 9.59 Å². The zero-order valence-electron chi connectivity index (χ0n) is 12.7. The molecular weight excluding hydrogens is 363 g/mol. The molecule has 3 N–H and O–H groups in total. The second kappa shape index (κ2) is 7.38. The second-order valence-corrected chi connectivity index (χ2v) is 5.91. The van der Waals surface area contributed by atoms with E-state index in [4.69, 9.17) is 23.2 Å². The number of amides is 2. The number of para-hydroxylation sites is 1. The number of anilines is 1. The van der Waals surface area contributed by atoms with Crippen LogP contribution < -0.4 is 10.7 Å². The summed E-state index contributed by atoms with van der Waals surface area (Å²) < 4.78 is 0. The fourth-order valence-electron chi connectivity index (χ4n) is 2.18. The van der Waals surface area contributed by atoms with E-state index in [1.807, 2.05) is 24.3 Å². The Bertz CT molecular complexity index is 982. The number of hydrazone groups is 1. The van der Waals surface area contributed by atoms with Gasteiger partial charge in [-0.25, -0.2) is 5.43 Å². The molecule has 0 atom stereocenters. The van der Waals surface area contributed by atoms with Gasteiger partial charge in [-0.15, -0.1) is 0 Å². The second-order valence-electron chi connectivity index (χ2n) is 5.07. The molecule has 3 rings (SSSR count). The van der Waals surface area contributed by atoms with E-state index < -0.39 is 11.8 Å². The van der Waals surface area contributed by atoms with Crippen molar-refractivity contribution in [3.8, 4) is 0 Å². The van der Waals surface area contributed by atoms with Crippen LogP contribution in [-0.2, 0) is 9.59 Å². The maximum atomic E-state index is 11.9. The molecule has 0 aliphatic carbocycles. The quantitative estimate of drug-likeness (QED) is 0.371. The van der Waals surface area contributed by atoms with Gasteiger partial charge in [0.15, 0.2) is 0 Å². The van der Waals surface area contributed by atoms with Gasteiger partial charge in [-0.05, 0) is 24.3 Å². The number of nitrogens with zero attached hydrogens (tertiary/aromatic N) is 1. The first kappa shape index (κ1) is 17.0. The molecule has 0 aliphatic heterocycles. The van der Waals surface area contributed by atoms with Crippen LogP contribution in [-0.4, -0.2) is 23.0 Å². The molecule has 0 fully saturated rings. The Balaban J connectivity index is 1.64. The highest BCUT2D eigenvalue weighted by Crippen LogP contribution is 2.25. The third-order valence-corrected chi connectivity index (χ3v) is 3.94. The van der Waals surface area contributed by atoms with Crippen LogP contribution in [0.2, 0.25) is 10.0 Å². The highest BCUT2D eigenvalue weighted by Gasteiger charge is 2.14. The summed E-state index contributed by atoms with van der Waals surface area (Å²) in [6.07, 6.45) is 3.21. The molecule has 0 saturated heterocycles. The third kappa shape index (κ3) is 3.99. The van der Waals surface area contributed by atoms with Gasteiger partial charge in [0.1, 0.15) is 0 Å². The molecule has 0 unspecified atom stereocenters. The molecule has 0 spiro atoms. The summed E-state index contributed by atoms with van der Waals surface area (Å²) in [6.45, 7) is 0. The Morgan fingerprint density at radius 1 is 1.08 bits per heavy atom. The number of aromatic nitrogens is 1. The minimum atomic E-state index is -0.924. The van der Waals surface area contributed by atoms with Crippen LogP contribution in [0.1, 0.15) is 5.56 Å². The summed E-state index contributed by atoms with van der Waals surface area (Å²) in [5.41, 5.74) is 4.15. The van der Waals surface area contributed by atoms with Gasteiger partial charge in [0, 0.05) is 27.7 Å². The van der Waals surface area contributed by atoms with Gasteiger partial charge in [-0.3, -0.25) is 9.59 Å². The van der Waals surface area contributed by atoms with Crippen molar-refractivity contribution in [1.29, 1.82) is 0 Å². The number of nitrogens with one attached hydrogen (secondary N) is 3. The van der Waals surface area contributed by atoms with Gasteiger partial charge in [0.2, 0.25) is 0 Å². The first-order valence-electron chi connectivity index (χ1n) is 7.20. The van der Waals surface area contributed by atoms with Crippen molar-refractivity contribution >= 4 is 57.8 Å². The van der Waals surface area contributed by atoms with Gasteiger partial charge in [-0.1, -0.05) is 41.4 Å². The lowest BCUT2D eigenvalue weighted by molar-refractivity contribution is -0.136. The van der Waals surface area contributed by atoms with Gasteiger partial charge in [0.05, 0.1) is 16.9 Å². The summed E-state index contributed by atoms with van der Waals surface area (Å²) in [5.74, 6) is -1.83. The Labute approximate surface area is 152 Å². The number of rotatable bonds is 3. The molecule has 2 aromatic carbocycles. The van der Waals surface area contributed by atoms with E-state index in [0.29, 0.717) is 5.02 Å². The fraction of sp³-hybridized carbons (Fsp3) is 0. The summed E-state index contributed by atoms with van der Waals surface area (Å²) in [7, 11) is 0. The standard InChI is InChI=1S/C17H12Cl2N4O2/c18-11-5-6-13(19)15(7-11)22-16(24)17(25)23-21-9-10-8-20-14-4-2-1-3-12(10)14/h1-9,20H,(H,22,24)(H,23,25)/b21-9-. The highest BCUT2D eigenvalue weighted by molar-refractivity contribution is 6.42. The molecule has 3 aromatic rings. The molecule has 6 nitrogen and oxygen atoms in total. The number of hydrogen-bond acceptors (Lipinski definition) is 3. The van der Waals surface area contributed by atoms with E-state index in [2.05, 4.69) is 20.8 Å². The van der Waals surface area contributed by atoms with Crippen LogP contribution in [0, 0.1) is 0 Å². The molecule has 0 bridgehead atoms. The van der Waals surface area contributed by atoms with Gasteiger partial charge in [0.25, 0.3) is 0 Å². The van der Waals surface area contributed by atoms with E-state index in [-0.39, 0.29) is 10.7 Å². The number of fused-ring (bicyclic) bond motifs is 1. The SMILES string of the molecule is O=C(N/N=C\c1c[nH]c2ccccc12)C(=O)Nc1cc(Cl)ccc1Cl. The lowest BCUT2D eigenvalue weighted by Crippen LogP contribution is -2.32. The zero-order valence-corrected chi connectivity index (χ0v) is 14.2. The first-order valence-corrected chi connectivity index (χ1v) is 7.96. The highest BCUT2D eigenvalue weighted by atomic mass is 35.5. The first-order chi connectivity index (χ1) is 12.0. The van der Waals surface area contributed by atoms with E-state index in [0.717, 1.165) is 16.5 Å². The lowest BCUT2D eigenvalue weighted by Gasteiger charge is -2.06. The average molecular weight is 375 g/mol. The molecule has 1 aromatic heterocycles. The van der Waals surface area contributed by atoms with Crippen molar-refractivity contribution in [3.05, 3.63) is 64.3 Å². The maximum absolute atomic E-state index is 11.9. The van der Waals surface area contributed by atoms with E-state index >= 15 is 0 Å². The van der Waals surface area contributed by atoms with Gasteiger partial charge >= 0.3 is 11.8 Å². The smallest absolute Gasteiger partial charge is 0.329 e. The van der Waals surface area contributed by atoms with Crippen LogP contribution >= 0.6 is 23.2 Å². The van der Waals surface area contributed by atoms with E-state index in [1.165, 1.54) is 18.3 Å². The van der Waals surface area contributed by atoms with Crippen LogP contribution in [0.25, 0.3) is 10.9 Å². The molecule has 0 aliphatic rings. The van der Waals surface area contributed by atoms with Crippen molar-refractivity contribution in [2.75, 3.05) is 5.32 Å². The summed E-state index contributed by atoms with van der Waals surface area (Å²) in [5, 5.41) is 7.79. The Morgan fingerprint density at radius 2 is 1.88 bits per heavy atom. The fourth-order valence-corrected chi connectivity index (χ4v) is 2.52. The van der Waals surface area contributed by atoms with Crippen LogP contribution in [0.4, 0.5) is 5.69 Å². The van der Waals surface area contributed by atoms with Crippen LogP contribution in [0.3, 0.4) is 0 Å². The molecule has 2 amide bonds. The predicted molar refractivity (Wildman–Crippen MR) is 99.1 cm³/mol. The molecule has 0 radical (unpaired) electrons. The Kier molecular flexibility index (Phi) is 5.02. The number of carbonyl (C=O) groups excluding carboxylic acids is 2. The number of halogens is 2. The van der Waals surface area contributed by atoms with Crippen molar-refractivity contribution in [3.63, 3.8) is 0 Å². The normalized spacial score (nSPS) is 11.0. The molecular formula is C17H12Cl2N4O2. The predicted octanol–water partition coefficient (Wildman–Crippen LogP) is 3.56. The maximum Gasteiger partial charge on any atom is 0.329 e. The number of benzene rings is 2. The number of carbonyl (C=O) groups is 2. The molecule has 25 heavy (non-hydrogen) atoms. The number of aromatic amines is 1. The molecule has 8 heteroatoms. The minimum Gasteiger partial charge on any atom is -0.361 e. The van der Waals surface area contributed by atoms with Crippen LogP contribution in [0.15, 0.2) is 53.8 Å². The molecule has 0 saturated carbocycles. The number of hydrogen-bond donors (Lipinski definition) is 3. The Morgan fingerprint density at radius 3 is 2.72 bits per heavy atom. The van der Waals surface area contributed by atoms with Crippen molar-refractivity contribution in [1.82, 2.24) is 10.4 Å².